The lowest BCUT2D eigenvalue weighted by molar-refractivity contribution is 0.0600. The fourth-order valence-corrected chi connectivity index (χ4v) is 1.83. The minimum atomic E-state index is -0.362. The SMILES string of the molecule is COC(=O)c1ccc(CON=Cc2ccccc2Cl)cc1. The number of carbonyl (C=O) groups is 1. The van der Waals surface area contributed by atoms with Gasteiger partial charge in [-0.05, 0) is 23.8 Å². The van der Waals surface area contributed by atoms with Crippen LogP contribution in [0, 0.1) is 0 Å². The Morgan fingerprint density at radius 3 is 2.57 bits per heavy atom. The van der Waals surface area contributed by atoms with E-state index in [0.29, 0.717) is 17.2 Å². The van der Waals surface area contributed by atoms with Crippen molar-refractivity contribution in [1.82, 2.24) is 0 Å². The second-order valence-corrected chi connectivity index (χ2v) is 4.63. The third-order valence-corrected chi connectivity index (χ3v) is 3.12. The van der Waals surface area contributed by atoms with Crippen molar-refractivity contribution in [2.45, 2.75) is 6.61 Å². The number of carbonyl (C=O) groups excluding carboxylic acids is 1. The van der Waals surface area contributed by atoms with Gasteiger partial charge < -0.3 is 9.57 Å². The van der Waals surface area contributed by atoms with Gasteiger partial charge in [-0.15, -0.1) is 0 Å². The number of esters is 1. The molecule has 4 nitrogen and oxygen atoms in total. The molecule has 0 aliphatic carbocycles. The molecule has 0 atom stereocenters. The zero-order chi connectivity index (χ0) is 15.1. The topological polar surface area (TPSA) is 47.9 Å². The first-order chi connectivity index (χ1) is 10.2. The summed E-state index contributed by atoms with van der Waals surface area (Å²) >= 11 is 5.99. The largest absolute Gasteiger partial charge is 0.465 e. The number of nitrogens with zero attached hydrogens (tertiary/aromatic N) is 1. The molecule has 0 bridgehead atoms. The van der Waals surface area contributed by atoms with Gasteiger partial charge >= 0.3 is 5.97 Å². The highest BCUT2D eigenvalue weighted by Crippen LogP contribution is 2.12. The zero-order valence-corrected chi connectivity index (χ0v) is 12.2. The summed E-state index contributed by atoms with van der Waals surface area (Å²) in [5.74, 6) is -0.362. The number of hydrogen-bond donors (Lipinski definition) is 0. The van der Waals surface area contributed by atoms with Crippen LogP contribution in [0.5, 0.6) is 0 Å². The molecule has 0 aromatic heterocycles. The lowest BCUT2D eigenvalue weighted by Crippen LogP contribution is -2.01. The number of ether oxygens (including phenoxy) is 1. The summed E-state index contributed by atoms with van der Waals surface area (Å²) in [6, 6.07) is 14.3. The van der Waals surface area contributed by atoms with Crippen LogP contribution in [-0.2, 0) is 16.2 Å². The normalized spacial score (nSPS) is 10.6. The van der Waals surface area contributed by atoms with Crippen LogP contribution in [0.1, 0.15) is 21.5 Å². The Kier molecular flexibility index (Phi) is 5.35. The van der Waals surface area contributed by atoms with Crippen molar-refractivity contribution in [1.29, 1.82) is 0 Å². The summed E-state index contributed by atoms with van der Waals surface area (Å²) in [5, 5.41) is 4.49. The summed E-state index contributed by atoms with van der Waals surface area (Å²) < 4.78 is 4.63. The van der Waals surface area contributed by atoms with Crippen LogP contribution in [0.2, 0.25) is 5.02 Å². The third-order valence-electron chi connectivity index (χ3n) is 2.78. The molecular formula is C16H14ClNO3. The van der Waals surface area contributed by atoms with E-state index >= 15 is 0 Å². The van der Waals surface area contributed by atoms with Crippen LogP contribution < -0.4 is 0 Å². The summed E-state index contributed by atoms with van der Waals surface area (Å²) in [6.07, 6.45) is 1.56. The van der Waals surface area contributed by atoms with Crippen molar-refractivity contribution in [3.05, 3.63) is 70.2 Å². The fourth-order valence-electron chi connectivity index (χ4n) is 1.64. The van der Waals surface area contributed by atoms with Gasteiger partial charge in [0.1, 0.15) is 6.61 Å². The molecule has 2 rings (SSSR count). The first-order valence-electron chi connectivity index (χ1n) is 6.28. The van der Waals surface area contributed by atoms with Gasteiger partial charge in [0.2, 0.25) is 0 Å². The minimum absolute atomic E-state index is 0.308. The Hall–Kier alpha value is -2.33. The highest BCUT2D eigenvalue weighted by Gasteiger charge is 2.04. The van der Waals surface area contributed by atoms with E-state index in [0.717, 1.165) is 11.1 Å². The Morgan fingerprint density at radius 1 is 1.19 bits per heavy atom. The van der Waals surface area contributed by atoms with Gasteiger partial charge in [-0.3, -0.25) is 0 Å². The number of hydrogen-bond acceptors (Lipinski definition) is 4. The van der Waals surface area contributed by atoms with Crippen LogP contribution in [0.4, 0.5) is 0 Å². The second-order valence-electron chi connectivity index (χ2n) is 4.22. The number of rotatable bonds is 5. The molecule has 0 aliphatic heterocycles. The van der Waals surface area contributed by atoms with Gasteiger partial charge in [-0.25, -0.2) is 4.79 Å². The molecule has 2 aromatic carbocycles. The van der Waals surface area contributed by atoms with E-state index in [1.165, 1.54) is 7.11 Å². The van der Waals surface area contributed by atoms with E-state index in [-0.39, 0.29) is 5.97 Å². The van der Waals surface area contributed by atoms with Crippen molar-refractivity contribution in [3.63, 3.8) is 0 Å². The van der Waals surface area contributed by atoms with Crippen LogP contribution in [0.25, 0.3) is 0 Å². The van der Waals surface area contributed by atoms with Crippen LogP contribution in [-0.4, -0.2) is 19.3 Å². The number of methoxy groups -OCH3 is 1. The van der Waals surface area contributed by atoms with Gasteiger partial charge in [0.15, 0.2) is 0 Å². The molecule has 0 saturated carbocycles. The molecule has 0 fully saturated rings. The molecule has 0 heterocycles. The maximum absolute atomic E-state index is 11.3. The molecule has 0 N–H and O–H groups in total. The van der Waals surface area contributed by atoms with Crippen molar-refractivity contribution in [2.24, 2.45) is 5.16 Å². The molecule has 108 valence electrons. The predicted octanol–water partition coefficient (Wildman–Crippen LogP) is 3.68. The van der Waals surface area contributed by atoms with Gasteiger partial charge in [0, 0.05) is 10.6 Å². The smallest absolute Gasteiger partial charge is 0.337 e. The maximum atomic E-state index is 11.3. The van der Waals surface area contributed by atoms with E-state index < -0.39 is 0 Å². The number of halogens is 1. The third kappa shape index (κ3) is 4.33. The molecule has 2 aromatic rings. The van der Waals surface area contributed by atoms with Gasteiger partial charge in [0.05, 0.1) is 18.9 Å². The summed E-state index contributed by atoms with van der Waals surface area (Å²) in [6.45, 7) is 0.308. The van der Waals surface area contributed by atoms with Crippen LogP contribution in [0.15, 0.2) is 53.7 Å². The molecule has 0 spiro atoms. The number of benzene rings is 2. The highest BCUT2D eigenvalue weighted by molar-refractivity contribution is 6.33. The Morgan fingerprint density at radius 2 is 1.90 bits per heavy atom. The summed E-state index contributed by atoms with van der Waals surface area (Å²) in [5.41, 5.74) is 2.19. The minimum Gasteiger partial charge on any atom is -0.465 e. The van der Waals surface area contributed by atoms with Gasteiger partial charge in [-0.1, -0.05) is 47.1 Å². The summed E-state index contributed by atoms with van der Waals surface area (Å²) in [7, 11) is 1.35. The van der Waals surface area contributed by atoms with Gasteiger partial charge in [0.25, 0.3) is 0 Å². The summed E-state index contributed by atoms with van der Waals surface area (Å²) in [4.78, 5) is 16.5. The van der Waals surface area contributed by atoms with E-state index in [9.17, 15) is 4.79 Å². The predicted molar refractivity (Wildman–Crippen MR) is 81.6 cm³/mol. The van der Waals surface area contributed by atoms with Crippen LogP contribution >= 0.6 is 11.6 Å². The van der Waals surface area contributed by atoms with Gasteiger partial charge in [-0.2, -0.15) is 0 Å². The molecule has 5 heteroatoms. The van der Waals surface area contributed by atoms with E-state index in [1.807, 2.05) is 18.2 Å². The monoisotopic (exact) mass is 303 g/mol. The van der Waals surface area contributed by atoms with E-state index in [2.05, 4.69) is 9.89 Å². The Balaban J connectivity index is 1.89. The molecule has 0 saturated heterocycles. The number of oxime groups is 1. The van der Waals surface area contributed by atoms with Crippen molar-refractivity contribution >= 4 is 23.8 Å². The zero-order valence-electron chi connectivity index (χ0n) is 11.5. The Bertz CT molecular complexity index is 638. The quantitative estimate of drug-likeness (QED) is 0.481. The first kappa shape index (κ1) is 15.1. The highest BCUT2D eigenvalue weighted by atomic mass is 35.5. The molecule has 0 unspecified atom stereocenters. The van der Waals surface area contributed by atoms with Crippen molar-refractivity contribution < 1.29 is 14.4 Å². The molecular weight excluding hydrogens is 290 g/mol. The average Bonchev–Trinajstić information content (AvgIpc) is 2.53. The maximum Gasteiger partial charge on any atom is 0.337 e. The molecule has 0 radical (unpaired) electrons. The molecule has 21 heavy (non-hydrogen) atoms. The van der Waals surface area contributed by atoms with E-state index in [1.54, 1.807) is 36.5 Å². The first-order valence-corrected chi connectivity index (χ1v) is 6.65. The van der Waals surface area contributed by atoms with Crippen molar-refractivity contribution in [3.8, 4) is 0 Å². The lowest BCUT2D eigenvalue weighted by atomic mass is 10.1. The van der Waals surface area contributed by atoms with Crippen molar-refractivity contribution in [2.75, 3.05) is 7.11 Å². The average molecular weight is 304 g/mol. The molecule has 0 aliphatic rings. The lowest BCUT2D eigenvalue weighted by Gasteiger charge is -2.02. The Labute approximate surface area is 127 Å². The second kappa shape index (κ2) is 7.45. The van der Waals surface area contributed by atoms with Crippen LogP contribution in [0.3, 0.4) is 0 Å². The molecule has 0 amide bonds. The fraction of sp³-hybridized carbons (Fsp3) is 0.125. The standard InChI is InChI=1S/C16H14ClNO3/c1-20-16(19)13-8-6-12(7-9-13)11-21-18-10-14-4-2-3-5-15(14)17/h2-10H,11H2,1H3. The van der Waals surface area contributed by atoms with E-state index in [4.69, 9.17) is 16.4 Å².